The SMILES string of the molecule is CCCCCCCCCOC(=O)CCCCCCCN(CCF)CCCCCCCC(=O)OC(CCCCCCCC)CCCCCCCC. The molecular weight excluding hydrogens is 625 g/mol. The van der Waals surface area contributed by atoms with E-state index >= 15 is 0 Å². The van der Waals surface area contributed by atoms with Crippen LogP contribution in [0.4, 0.5) is 4.39 Å². The summed E-state index contributed by atoms with van der Waals surface area (Å²) in [6.07, 6.45) is 37.8. The fraction of sp³-hybridized carbons (Fsp3) is 0.955. The summed E-state index contributed by atoms with van der Waals surface area (Å²) in [7, 11) is 0. The van der Waals surface area contributed by atoms with E-state index in [0.717, 1.165) is 103 Å². The van der Waals surface area contributed by atoms with Crippen LogP contribution < -0.4 is 0 Å². The summed E-state index contributed by atoms with van der Waals surface area (Å²) < 4.78 is 24.6. The van der Waals surface area contributed by atoms with Crippen LogP contribution in [0.25, 0.3) is 0 Å². The Morgan fingerprint density at radius 3 is 1.30 bits per heavy atom. The second kappa shape index (κ2) is 40.6. The first-order chi connectivity index (χ1) is 24.6. The van der Waals surface area contributed by atoms with Crippen molar-refractivity contribution < 1.29 is 23.5 Å². The van der Waals surface area contributed by atoms with Crippen molar-refractivity contribution in [1.82, 2.24) is 4.90 Å². The zero-order valence-corrected chi connectivity index (χ0v) is 33.9. The van der Waals surface area contributed by atoms with Crippen molar-refractivity contribution in [2.24, 2.45) is 0 Å². The van der Waals surface area contributed by atoms with Crippen molar-refractivity contribution in [3.63, 3.8) is 0 Å². The van der Waals surface area contributed by atoms with Gasteiger partial charge in [-0.15, -0.1) is 0 Å². The summed E-state index contributed by atoms with van der Waals surface area (Å²) >= 11 is 0. The van der Waals surface area contributed by atoms with Crippen molar-refractivity contribution >= 4 is 11.9 Å². The van der Waals surface area contributed by atoms with Gasteiger partial charge >= 0.3 is 11.9 Å². The molecule has 0 aliphatic rings. The minimum absolute atomic E-state index is 0.000165. The predicted molar refractivity (Wildman–Crippen MR) is 213 cm³/mol. The first kappa shape index (κ1) is 48.8. The lowest BCUT2D eigenvalue weighted by molar-refractivity contribution is -0.150. The quantitative estimate of drug-likeness (QED) is 0.0467. The highest BCUT2D eigenvalue weighted by atomic mass is 19.1. The molecule has 0 aromatic rings. The van der Waals surface area contributed by atoms with Crippen LogP contribution in [0.15, 0.2) is 0 Å². The molecule has 0 heterocycles. The van der Waals surface area contributed by atoms with Gasteiger partial charge in [0.2, 0.25) is 0 Å². The molecule has 0 saturated heterocycles. The summed E-state index contributed by atoms with van der Waals surface area (Å²) in [5.41, 5.74) is 0. The number of hydrogen-bond donors (Lipinski definition) is 0. The van der Waals surface area contributed by atoms with E-state index in [2.05, 4.69) is 25.7 Å². The van der Waals surface area contributed by atoms with Gasteiger partial charge in [-0.3, -0.25) is 9.59 Å². The van der Waals surface area contributed by atoms with Crippen molar-refractivity contribution in [2.75, 3.05) is 32.9 Å². The van der Waals surface area contributed by atoms with Gasteiger partial charge in [0.05, 0.1) is 6.61 Å². The Morgan fingerprint density at radius 2 is 0.840 bits per heavy atom. The lowest BCUT2D eigenvalue weighted by Gasteiger charge is -2.20. The Balaban J connectivity index is 3.94. The van der Waals surface area contributed by atoms with Gasteiger partial charge in [0, 0.05) is 19.4 Å². The molecule has 0 aromatic heterocycles. The number of halogens is 1. The number of unbranched alkanes of at least 4 members (excludes halogenated alkanes) is 24. The number of hydrogen-bond acceptors (Lipinski definition) is 5. The third-order valence-corrected chi connectivity index (χ3v) is 10.2. The third-order valence-electron chi connectivity index (χ3n) is 10.2. The molecule has 0 aliphatic carbocycles. The first-order valence-electron chi connectivity index (χ1n) is 22.2. The predicted octanol–water partition coefficient (Wildman–Crippen LogP) is 13.6. The summed E-state index contributed by atoms with van der Waals surface area (Å²) in [4.78, 5) is 26.9. The summed E-state index contributed by atoms with van der Waals surface area (Å²) in [6.45, 7) is 9.46. The molecule has 0 N–H and O–H groups in total. The van der Waals surface area contributed by atoms with Crippen molar-refractivity contribution in [1.29, 1.82) is 0 Å². The Kier molecular flexibility index (Phi) is 39.6. The monoisotopic (exact) mass is 712 g/mol. The van der Waals surface area contributed by atoms with Crippen LogP contribution in [0.3, 0.4) is 0 Å². The van der Waals surface area contributed by atoms with Crippen LogP contribution in [0.5, 0.6) is 0 Å². The van der Waals surface area contributed by atoms with E-state index in [1.165, 1.54) is 109 Å². The van der Waals surface area contributed by atoms with Crippen LogP contribution >= 0.6 is 0 Å². The highest BCUT2D eigenvalue weighted by Crippen LogP contribution is 2.18. The maximum absolute atomic E-state index is 13.2. The molecule has 0 unspecified atom stereocenters. The summed E-state index contributed by atoms with van der Waals surface area (Å²) in [5, 5.41) is 0. The summed E-state index contributed by atoms with van der Waals surface area (Å²) in [5.74, 6) is -0.0453. The van der Waals surface area contributed by atoms with Crippen LogP contribution in [-0.4, -0.2) is 55.9 Å². The van der Waals surface area contributed by atoms with E-state index in [1.54, 1.807) is 0 Å². The maximum atomic E-state index is 13.2. The van der Waals surface area contributed by atoms with Crippen molar-refractivity contribution in [3.05, 3.63) is 0 Å². The van der Waals surface area contributed by atoms with Gasteiger partial charge in [0.15, 0.2) is 0 Å². The van der Waals surface area contributed by atoms with Crippen LogP contribution in [-0.2, 0) is 19.1 Å². The number of esters is 2. The molecule has 6 heteroatoms. The lowest BCUT2D eigenvalue weighted by Crippen LogP contribution is -2.28. The van der Waals surface area contributed by atoms with Gasteiger partial charge < -0.3 is 14.4 Å². The van der Waals surface area contributed by atoms with Crippen molar-refractivity contribution in [2.45, 2.75) is 239 Å². The van der Waals surface area contributed by atoms with E-state index in [-0.39, 0.29) is 24.7 Å². The molecule has 0 rings (SSSR count). The number of carbonyl (C=O) groups excluding carboxylic acids is 2. The second-order valence-electron chi connectivity index (χ2n) is 15.1. The average Bonchev–Trinajstić information content (AvgIpc) is 3.11. The van der Waals surface area contributed by atoms with Gasteiger partial charge in [-0.05, 0) is 70.9 Å². The van der Waals surface area contributed by atoms with E-state index in [1.807, 2.05) is 0 Å². The molecule has 50 heavy (non-hydrogen) atoms. The second-order valence-corrected chi connectivity index (χ2v) is 15.1. The molecule has 0 amide bonds. The summed E-state index contributed by atoms with van der Waals surface area (Å²) in [6, 6.07) is 0. The number of ether oxygens (including phenoxy) is 2. The van der Waals surface area contributed by atoms with Gasteiger partial charge in [-0.2, -0.15) is 0 Å². The Labute approximate surface area is 311 Å². The molecule has 0 bridgehead atoms. The molecule has 5 nitrogen and oxygen atoms in total. The topological polar surface area (TPSA) is 55.8 Å². The number of nitrogens with zero attached hydrogens (tertiary/aromatic N) is 1. The van der Waals surface area contributed by atoms with E-state index in [4.69, 9.17) is 9.47 Å². The Bertz CT molecular complexity index is 690. The van der Waals surface area contributed by atoms with Gasteiger partial charge in [-0.25, -0.2) is 4.39 Å². The van der Waals surface area contributed by atoms with Gasteiger partial charge in [-0.1, -0.05) is 162 Å². The normalized spacial score (nSPS) is 11.6. The molecule has 0 aromatic carbocycles. The van der Waals surface area contributed by atoms with Gasteiger partial charge in [0.25, 0.3) is 0 Å². The molecule has 0 spiro atoms. The molecular formula is C44H86FNO4. The molecule has 0 radical (unpaired) electrons. The standard InChI is InChI=1S/C44H86FNO4/c1-4-7-10-13-16-25-32-41-49-43(47)35-28-21-17-23-30-38-46(40-37-45)39-31-24-18-22-29-36-44(48)50-42(33-26-19-14-11-8-5-2)34-27-20-15-12-9-6-3/h42H,4-41H2,1-3H3. The maximum Gasteiger partial charge on any atom is 0.306 e. The smallest absolute Gasteiger partial charge is 0.306 e. The molecule has 0 atom stereocenters. The number of rotatable bonds is 41. The molecule has 298 valence electrons. The highest BCUT2D eigenvalue weighted by molar-refractivity contribution is 5.69. The number of alkyl halides is 1. The minimum Gasteiger partial charge on any atom is -0.466 e. The van der Waals surface area contributed by atoms with Crippen LogP contribution in [0.1, 0.15) is 233 Å². The van der Waals surface area contributed by atoms with E-state index < -0.39 is 0 Å². The lowest BCUT2D eigenvalue weighted by atomic mass is 10.0. The van der Waals surface area contributed by atoms with Crippen LogP contribution in [0.2, 0.25) is 0 Å². The van der Waals surface area contributed by atoms with E-state index in [9.17, 15) is 14.0 Å². The zero-order chi connectivity index (χ0) is 36.6. The fourth-order valence-electron chi connectivity index (χ4n) is 6.85. The Hall–Kier alpha value is -1.17. The largest absolute Gasteiger partial charge is 0.466 e. The van der Waals surface area contributed by atoms with Gasteiger partial charge in [0.1, 0.15) is 12.8 Å². The average molecular weight is 712 g/mol. The van der Waals surface area contributed by atoms with E-state index in [0.29, 0.717) is 26.0 Å². The minimum atomic E-state index is -0.290. The molecule has 0 fully saturated rings. The van der Waals surface area contributed by atoms with Crippen LogP contribution in [0, 0.1) is 0 Å². The highest BCUT2D eigenvalue weighted by Gasteiger charge is 2.14. The molecule has 0 saturated carbocycles. The fourth-order valence-corrected chi connectivity index (χ4v) is 6.85. The van der Waals surface area contributed by atoms with Crippen molar-refractivity contribution in [3.8, 4) is 0 Å². The first-order valence-corrected chi connectivity index (χ1v) is 22.2. The molecule has 0 aliphatic heterocycles. The number of carbonyl (C=O) groups is 2. The zero-order valence-electron chi connectivity index (χ0n) is 33.9. The third kappa shape index (κ3) is 36.6. The Morgan fingerprint density at radius 1 is 0.460 bits per heavy atom.